The van der Waals surface area contributed by atoms with Crippen LogP contribution >= 0.6 is 22.9 Å². The van der Waals surface area contributed by atoms with Crippen LogP contribution in [-0.2, 0) is 13.0 Å². The Morgan fingerprint density at radius 2 is 2.33 bits per heavy atom. The highest BCUT2D eigenvalue weighted by atomic mass is 35.5. The van der Waals surface area contributed by atoms with Gasteiger partial charge in [0, 0.05) is 23.5 Å². The zero-order chi connectivity index (χ0) is 13.0. The van der Waals surface area contributed by atoms with Crippen LogP contribution in [0.4, 0.5) is 0 Å². The molecular weight excluding hydrogens is 270 g/mol. The lowest BCUT2D eigenvalue weighted by atomic mass is 10.2. The second-order valence-electron chi connectivity index (χ2n) is 3.61. The van der Waals surface area contributed by atoms with Crippen molar-refractivity contribution < 1.29 is 4.79 Å². The molecule has 1 N–H and O–H groups in total. The summed E-state index contributed by atoms with van der Waals surface area (Å²) in [5, 5.41) is 4.03. The Hall–Kier alpha value is -1.46. The maximum atomic E-state index is 11.9. The minimum absolute atomic E-state index is 0.212. The third kappa shape index (κ3) is 3.05. The zero-order valence-corrected chi connectivity index (χ0v) is 11.4. The molecule has 0 aliphatic rings. The minimum atomic E-state index is -0.212. The maximum absolute atomic E-state index is 11.9. The van der Waals surface area contributed by atoms with Gasteiger partial charge in [0.05, 0.1) is 17.1 Å². The molecule has 0 fully saturated rings. The van der Waals surface area contributed by atoms with Gasteiger partial charge in [0.15, 0.2) is 0 Å². The number of carbonyl (C=O) groups excluding carboxylic acids is 1. The first-order chi connectivity index (χ1) is 8.70. The molecule has 18 heavy (non-hydrogen) atoms. The molecule has 1 amide bonds. The SMILES string of the molecule is CCc1cnc(CNC(=O)c2ccncc2Cl)s1. The molecule has 0 radical (unpaired) electrons. The summed E-state index contributed by atoms with van der Waals surface area (Å²) in [7, 11) is 0. The highest BCUT2D eigenvalue weighted by Gasteiger charge is 2.10. The first-order valence-electron chi connectivity index (χ1n) is 5.52. The number of thiazole rings is 1. The van der Waals surface area contributed by atoms with E-state index in [4.69, 9.17) is 11.6 Å². The number of nitrogens with zero attached hydrogens (tertiary/aromatic N) is 2. The molecule has 94 valence electrons. The summed E-state index contributed by atoms with van der Waals surface area (Å²) in [5.74, 6) is -0.212. The topological polar surface area (TPSA) is 54.9 Å². The van der Waals surface area contributed by atoms with Crippen LogP contribution in [-0.4, -0.2) is 15.9 Å². The average molecular weight is 282 g/mol. The van der Waals surface area contributed by atoms with E-state index in [1.807, 2.05) is 6.20 Å². The Labute approximate surface area is 114 Å². The molecule has 4 nitrogen and oxygen atoms in total. The third-order valence-corrected chi connectivity index (χ3v) is 3.81. The molecule has 0 spiro atoms. The zero-order valence-electron chi connectivity index (χ0n) is 9.81. The van der Waals surface area contributed by atoms with Gasteiger partial charge >= 0.3 is 0 Å². The number of aromatic nitrogens is 2. The third-order valence-electron chi connectivity index (χ3n) is 2.37. The first-order valence-corrected chi connectivity index (χ1v) is 6.71. The molecule has 2 aromatic rings. The largest absolute Gasteiger partial charge is 0.345 e. The van der Waals surface area contributed by atoms with E-state index in [2.05, 4.69) is 22.2 Å². The molecule has 0 aliphatic carbocycles. The van der Waals surface area contributed by atoms with Crippen molar-refractivity contribution in [3.05, 3.63) is 45.1 Å². The van der Waals surface area contributed by atoms with E-state index >= 15 is 0 Å². The molecule has 0 saturated carbocycles. The molecule has 6 heteroatoms. The normalized spacial score (nSPS) is 10.3. The lowest BCUT2D eigenvalue weighted by molar-refractivity contribution is 0.0951. The fourth-order valence-corrected chi connectivity index (χ4v) is 2.41. The minimum Gasteiger partial charge on any atom is -0.345 e. The predicted molar refractivity (Wildman–Crippen MR) is 71.9 cm³/mol. The van der Waals surface area contributed by atoms with Crippen molar-refractivity contribution in [2.45, 2.75) is 19.9 Å². The van der Waals surface area contributed by atoms with Crippen molar-refractivity contribution in [3.63, 3.8) is 0 Å². The van der Waals surface area contributed by atoms with Crippen molar-refractivity contribution in [1.82, 2.24) is 15.3 Å². The van der Waals surface area contributed by atoms with Gasteiger partial charge in [-0.15, -0.1) is 11.3 Å². The van der Waals surface area contributed by atoms with E-state index in [0.717, 1.165) is 11.4 Å². The summed E-state index contributed by atoms with van der Waals surface area (Å²) in [6, 6.07) is 1.59. The van der Waals surface area contributed by atoms with Crippen molar-refractivity contribution in [3.8, 4) is 0 Å². The Morgan fingerprint density at radius 3 is 3.00 bits per heavy atom. The van der Waals surface area contributed by atoms with Crippen LogP contribution in [0.25, 0.3) is 0 Å². The van der Waals surface area contributed by atoms with Crippen LogP contribution in [0.15, 0.2) is 24.7 Å². The first kappa shape index (κ1) is 13.0. The van der Waals surface area contributed by atoms with Crippen LogP contribution in [0.1, 0.15) is 27.2 Å². The van der Waals surface area contributed by atoms with E-state index in [9.17, 15) is 4.79 Å². The molecule has 2 heterocycles. The molecule has 0 bridgehead atoms. The quantitative estimate of drug-likeness (QED) is 0.937. The molecule has 0 atom stereocenters. The van der Waals surface area contributed by atoms with Crippen molar-refractivity contribution in [1.29, 1.82) is 0 Å². The summed E-state index contributed by atoms with van der Waals surface area (Å²) in [5.41, 5.74) is 0.430. The summed E-state index contributed by atoms with van der Waals surface area (Å²) >= 11 is 7.49. The van der Waals surface area contributed by atoms with Gasteiger partial charge in [0.25, 0.3) is 5.91 Å². The molecule has 0 aromatic carbocycles. The van der Waals surface area contributed by atoms with Gasteiger partial charge in [-0.1, -0.05) is 18.5 Å². The Kier molecular flexibility index (Phi) is 4.28. The number of hydrogen-bond acceptors (Lipinski definition) is 4. The summed E-state index contributed by atoms with van der Waals surface area (Å²) in [6.07, 6.45) is 5.79. The number of hydrogen-bond donors (Lipinski definition) is 1. The molecule has 2 aromatic heterocycles. The van der Waals surface area contributed by atoms with Crippen LogP contribution in [0.2, 0.25) is 5.02 Å². The van der Waals surface area contributed by atoms with Crippen LogP contribution in [0.3, 0.4) is 0 Å². The van der Waals surface area contributed by atoms with Crippen molar-refractivity contribution in [2.24, 2.45) is 0 Å². The number of pyridine rings is 1. The number of halogens is 1. The number of nitrogens with one attached hydrogen (secondary N) is 1. The van der Waals surface area contributed by atoms with E-state index < -0.39 is 0 Å². The number of carbonyl (C=O) groups is 1. The van der Waals surface area contributed by atoms with Gasteiger partial charge in [0.1, 0.15) is 5.01 Å². The monoisotopic (exact) mass is 281 g/mol. The Bertz CT molecular complexity index is 556. The van der Waals surface area contributed by atoms with E-state index in [1.54, 1.807) is 23.6 Å². The van der Waals surface area contributed by atoms with Crippen molar-refractivity contribution >= 4 is 28.8 Å². The summed E-state index contributed by atoms with van der Waals surface area (Å²) in [6.45, 7) is 2.49. The number of amides is 1. The van der Waals surface area contributed by atoms with Crippen molar-refractivity contribution in [2.75, 3.05) is 0 Å². The Morgan fingerprint density at radius 1 is 1.50 bits per heavy atom. The number of rotatable bonds is 4. The lowest BCUT2D eigenvalue weighted by Crippen LogP contribution is -2.23. The highest BCUT2D eigenvalue weighted by Crippen LogP contribution is 2.15. The van der Waals surface area contributed by atoms with Gasteiger partial charge in [-0.3, -0.25) is 9.78 Å². The lowest BCUT2D eigenvalue weighted by Gasteiger charge is -2.04. The maximum Gasteiger partial charge on any atom is 0.253 e. The fourth-order valence-electron chi connectivity index (χ4n) is 1.40. The molecule has 2 rings (SSSR count). The standard InChI is InChI=1S/C12H12ClN3OS/c1-2-8-5-15-11(18-8)7-16-12(17)9-3-4-14-6-10(9)13/h3-6H,2,7H2,1H3,(H,16,17). The van der Waals surface area contributed by atoms with Gasteiger partial charge < -0.3 is 5.32 Å². The molecule has 0 unspecified atom stereocenters. The van der Waals surface area contributed by atoms with Crippen LogP contribution in [0.5, 0.6) is 0 Å². The average Bonchev–Trinajstić information content (AvgIpc) is 2.84. The van der Waals surface area contributed by atoms with E-state index in [0.29, 0.717) is 17.1 Å². The van der Waals surface area contributed by atoms with E-state index in [-0.39, 0.29) is 5.91 Å². The number of aryl methyl sites for hydroxylation is 1. The molecule has 0 aliphatic heterocycles. The second-order valence-corrected chi connectivity index (χ2v) is 5.22. The Balaban J connectivity index is 1.98. The fraction of sp³-hybridized carbons (Fsp3) is 0.250. The van der Waals surface area contributed by atoms with Gasteiger partial charge in [-0.25, -0.2) is 4.98 Å². The second kappa shape index (κ2) is 5.93. The van der Waals surface area contributed by atoms with E-state index in [1.165, 1.54) is 11.1 Å². The van der Waals surface area contributed by atoms with Crippen LogP contribution in [0, 0.1) is 0 Å². The summed E-state index contributed by atoms with van der Waals surface area (Å²) in [4.78, 5) is 21.1. The smallest absolute Gasteiger partial charge is 0.253 e. The molecule has 0 saturated heterocycles. The van der Waals surface area contributed by atoms with Gasteiger partial charge in [-0.05, 0) is 12.5 Å². The van der Waals surface area contributed by atoms with Gasteiger partial charge in [-0.2, -0.15) is 0 Å². The summed E-state index contributed by atoms with van der Waals surface area (Å²) < 4.78 is 0. The molecular formula is C12H12ClN3OS. The van der Waals surface area contributed by atoms with Gasteiger partial charge in [0.2, 0.25) is 0 Å². The highest BCUT2D eigenvalue weighted by molar-refractivity contribution is 7.11. The van der Waals surface area contributed by atoms with Crippen LogP contribution < -0.4 is 5.32 Å². The predicted octanol–water partition coefficient (Wildman–Crippen LogP) is 2.68.